The molecule has 3 aromatic rings. The Morgan fingerprint density at radius 2 is 1.96 bits per heavy atom. The molecular formula is C21H24N4O3. The molecule has 3 heterocycles. The molecule has 146 valence electrons. The minimum Gasteiger partial charge on any atom is -0.508 e. The number of aromatic hydroxyl groups is 1. The average molecular weight is 380 g/mol. The van der Waals surface area contributed by atoms with Gasteiger partial charge >= 0.3 is 6.09 Å². The van der Waals surface area contributed by atoms with E-state index in [1.165, 1.54) is 0 Å². The number of aromatic nitrogens is 3. The van der Waals surface area contributed by atoms with Crippen LogP contribution >= 0.6 is 0 Å². The third-order valence-corrected chi connectivity index (χ3v) is 4.81. The highest BCUT2D eigenvalue weighted by Crippen LogP contribution is 2.33. The lowest BCUT2D eigenvalue weighted by Gasteiger charge is -2.24. The van der Waals surface area contributed by atoms with Crippen molar-refractivity contribution in [2.24, 2.45) is 0 Å². The largest absolute Gasteiger partial charge is 0.508 e. The highest BCUT2D eigenvalue weighted by Gasteiger charge is 2.32. The van der Waals surface area contributed by atoms with Crippen LogP contribution < -0.4 is 0 Å². The standard InChI is InChI=1S/C21H24N4O3/c1-21(2,3)28-20(27)24-11-9-15(13-24)25-18-8-10-22-12-17(18)19(23-25)14-4-6-16(26)7-5-14/h4-8,10,12,15,26H,9,11,13H2,1-3H3/t15-/m1/s1. The molecule has 4 rings (SSSR count). The average Bonchev–Trinajstić information content (AvgIpc) is 3.26. The Morgan fingerprint density at radius 1 is 1.21 bits per heavy atom. The summed E-state index contributed by atoms with van der Waals surface area (Å²) in [6, 6.07) is 9.00. The zero-order chi connectivity index (χ0) is 19.9. The fourth-order valence-electron chi connectivity index (χ4n) is 3.53. The monoisotopic (exact) mass is 380 g/mol. The number of carbonyl (C=O) groups is 1. The molecule has 28 heavy (non-hydrogen) atoms. The molecule has 0 spiro atoms. The van der Waals surface area contributed by atoms with E-state index in [2.05, 4.69) is 4.98 Å². The van der Waals surface area contributed by atoms with E-state index in [0.717, 1.165) is 28.6 Å². The Morgan fingerprint density at radius 3 is 2.68 bits per heavy atom. The molecule has 1 amide bonds. The van der Waals surface area contributed by atoms with Crippen LogP contribution in [-0.4, -0.2) is 49.6 Å². The van der Waals surface area contributed by atoms with Gasteiger partial charge in [-0.2, -0.15) is 5.10 Å². The van der Waals surface area contributed by atoms with Crippen LogP contribution in [0.15, 0.2) is 42.7 Å². The molecule has 7 heteroatoms. The zero-order valence-electron chi connectivity index (χ0n) is 16.3. The number of ether oxygens (including phenoxy) is 1. The molecule has 0 unspecified atom stereocenters. The Kier molecular flexibility index (Phi) is 4.45. The molecule has 7 nitrogen and oxygen atoms in total. The van der Waals surface area contributed by atoms with Crippen molar-refractivity contribution in [1.29, 1.82) is 0 Å². The fraction of sp³-hybridized carbons (Fsp3) is 0.381. The van der Waals surface area contributed by atoms with Gasteiger partial charge in [-0.05, 0) is 57.5 Å². The van der Waals surface area contributed by atoms with Crippen molar-refractivity contribution in [3.05, 3.63) is 42.7 Å². The van der Waals surface area contributed by atoms with E-state index < -0.39 is 5.60 Å². The highest BCUT2D eigenvalue weighted by atomic mass is 16.6. The van der Waals surface area contributed by atoms with E-state index in [4.69, 9.17) is 9.84 Å². The van der Waals surface area contributed by atoms with Gasteiger partial charge in [-0.25, -0.2) is 4.79 Å². The maximum atomic E-state index is 12.4. The number of benzene rings is 1. The summed E-state index contributed by atoms with van der Waals surface area (Å²) in [7, 11) is 0. The summed E-state index contributed by atoms with van der Waals surface area (Å²) >= 11 is 0. The van der Waals surface area contributed by atoms with Gasteiger partial charge in [0.05, 0.1) is 11.6 Å². The molecule has 1 aromatic carbocycles. The number of phenols is 1. The summed E-state index contributed by atoms with van der Waals surface area (Å²) in [5, 5.41) is 15.4. The minimum absolute atomic E-state index is 0.0725. The number of carbonyl (C=O) groups excluding carboxylic acids is 1. The summed E-state index contributed by atoms with van der Waals surface area (Å²) < 4.78 is 7.49. The van der Waals surface area contributed by atoms with Crippen LogP contribution in [-0.2, 0) is 4.74 Å². The van der Waals surface area contributed by atoms with Crippen LogP contribution in [0, 0.1) is 0 Å². The first-order chi connectivity index (χ1) is 13.3. The number of nitrogens with zero attached hydrogens (tertiary/aromatic N) is 4. The predicted molar refractivity (Wildman–Crippen MR) is 106 cm³/mol. The Balaban J connectivity index is 1.65. The number of hydrogen-bond acceptors (Lipinski definition) is 5. The summed E-state index contributed by atoms with van der Waals surface area (Å²) in [4.78, 5) is 18.4. The molecule has 0 bridgehead atoms. The Labute approximate surface area is 163 Å². The molecule has 1 aliphatic rings. The van der Waals surface area contributed by atoms with Gasteiger partial charge in [0.25, 0.3) is 0 Å². The van der Waals surface area contributed by atoms with Gasteiger partial charge in [0, 0.05) is 36.4 Å². The SMILES string of the molecule is CC(C)(C)OC(=O)N1CC[C@@H](n2nc(-c3ccc(O)cc3)c3cnccc32)C1. The van der Waals surface area contributed by atoms with Crippen molar-refractivity contribution >= 4 is 17.0 Å². The van der Waals surface area contributed by atoms with Crippen LogP contribution in [0.2, 0.25) is 0 Å². The number of hydrogen-bond donors (Lipinski definition) is 1. The van der Waals surface area contributed by atoms with Crippen LogP contribution in [0.5, 0.6) is 5.75 Å². The van der Waals surface area contributed by atoms with Crippen LogP contribution in [0.3, 0.4) is 0 Å². The topological polar surface area (TPSA) is 80.5 Å². The Hall–Kier alpha value is -3.09. The molecule has 0 aliphatic carbocycles. The van der Waals surface area contributed by atoms with Crippen LogP contribution in [0.4, 0.5) is 4.79 Å². The van der Waals surface area contributed by atoms with E-state index >= 15 is 0 Å². The van der Waals surface area contributed by atoms with Crippen molar-refractivity contribution in [3.63, 3.8) is 0 Å². The normalized spacial score (nSPS) is 17.2. The number of pyridine rings is 1. The van der Waals surface area contributed by atoms with Gasteiger partial charge < -0.3 is 14.7 Å². The van der Waals surface area contributed by atoms with Gasteiger partial charge in [0.1, 0.15) is 17.0 Å². The van der Waals surface area contributed by atoms with Gasteiger partial charge in [0.2, 0.25) is 0 Å². The maximum Gasteiger partial charge on any atom is 0.410 e. The lowest BCUT2D eigenvalue weighted by atomic mass is 10.1. The van der Waals surface area contributed by atoms with Crippen molar-refractivity contribution in [1.82, 2.24) is 19.7 Å². The van der Waals surface area contributed by atoms with Gasteiger partial charge in [-0.3, -0.25) is 9.67 Å². The molecule has 0 saturated carbocycles. The van der Waals surface area contributed by atoms with Gasteiger partial charge in [-0.15, -0.1) is 0 Å². The number of likely N-dealkylation sites (tertiary alicyclic amines) is 1. The van der Waals surface area contributed by atoms with Crippen molar-refractivity contribution in [2.75, 3.05) is 13.1 Å². The molecule has 1 atom stereocenters. The molecular weight excluding hydrogens is 356 g/mol. The third-order valence-electron chi connectivity index (χ3n) is 4.81. The van der Waals surface area contributed by atoms with E-state index in [0.29, 0.717) is 13.1 Å². The first-order valence-corrected chi connectivity index (χ1v) is 9.41. The summed E-state index contributed by atoms with van der Waals surface area (Å²) in [5.74, 6) is 0.217. The number of rotatable bonds is 2. The van der Waals surface area contributed by atoms with Crippen LogP contribution in [0.25, 0.3) is 22.2 Å². The Bertz CT molecular complexity index is 1000. The lowest BCUT2D eigenvalue weighted by Crippen LogP contribution is -2.35. The first-order valence-electron chi connectivity index (χ1n) is 9.41. The molecule has 1 aliphatic heterocycles. The second-order valence-electron chi connectivity index (χ2n) is 8.10. The molecule has 2 aromatic heterocycles. The molecule has 1 fully saturated rings. The number of fused-ring (bicyclic) bond motifs is 1. The smallest absolute Gasteiger partial charge is 0.410 e. The van der Waals surface area contributed by atoms with Crippen molar-refractivity contribution in [3.8, 4) is 17.0 Å². The molecule has 1 N–H and O–H groups in total. The van der Waals surface area contributed by atoms with E-state index in [9.17, 15) is 9.90 Å². The van der Waals surface area contributed by atoms with Crippen molar-refractivity contribution in [2.45, 2.75) is 38.8 Å². The predicted octanol–water partition coefficient (Wildman–Crippen LogP) is 3.99. The van der Waals surface area contributed by atoms with E-state index in [1.807, 2.05) is 49.8 Å². The second-order valence-corrected chi connectivity index (χ2v) is 8.10. The van der Waals surface area contributed by atoms with Crippen LogP contribution in [0.1, 0.15) is 33.2 Å². The third kappa shape index (κ3) is 3.52. The summed E-state index contributed by atoms with van der Waals surface area (Å²) in [6.07, 6.45) is 4.09. The maximum absolute atomic E-state index is 12.4. The molecule has 1 saturated heterocycles. The lowest BCUT2D eigenvalue weighted by molar-refractivity contribution is 0.0288. The summed E-state index contributed by atoms with van der Waals surface area (Å²) in [6.45, 7) is 6.81. The number of phenolic OH excluding ortho intramolecular Hbond substituents is 1. The fourth-order valence-corrected chi connectivity index (χ4v) is 3.53. The zero-order valence-corrected chi connectivity index (χ0v) is 16.3. The first kappa shape index (κ1) is 18.3. The highest BCUT2D eigenvalue weighted by molar-refractivity contribution is 5.92. The second kappa shape index (κ2) is 6.82. The van der Waals surface area contributed by atoms with E-state index in [1.54, 1.807) is 23.2 Å². The van der Waals surface area contributed by atoms with E-state index in [-0.39, 0.29) is 17.9 Å². The van der Waals surface area contributed by atoms with Crippen molar-refractivity contribution < 1.29 is 14.6 Å². The minimum atomic E-state index is -0.509. The quantitative estimate of drug-likeness (QED) is 0.727. The molecule has 0 radical (unpaired) electrons. The van der Waals surface area contributed by atoms with Gasteiger partial charge in [0.15, 0.2) is 0 Å². The number of amides is 1. The summed E-state index contributed by atoms with van der Waals surface area (Å²) in [5.41, 5.74) is 2.20. The van der Waals surface area contributed by atoms with Gasteiger partial charge in [-0.1, -0.05) is 0 Å².